The molecule has 1 amide bonds. The highest BCUT2D eigenvalue weighted by molar-refractivity contribution is 5.93. The van der Waals surface area contributed by atoms with Crippen molar-refractivity contribution < 1.29 is 9.90 Å². The van der Waals surface area contributed by atoms with Gasteiger partial charge in [0.25, 0.3) is 5.91 Å². The van der Waals surface area contributed by atoms with E-state index in [4.69, 9.17) is 0 Å². The number of carbonyl (C=O) groups is 1. The third-order valence-corrected chi connectivity index (χ3v) is 2.64. The van der Waals surface area contributed by atoms with Gasteiger partial charge in [-0.1, -0.05) is 0 Å². The van der Waals surface area contributed by atoms with E-state index in [-0.39, 0.29) is 12.0 Å². The van der Waals surface area contributed by atoms with Crippen LogP contribution in [0.1, 0.15) is 23.2 Å². The lowest BCUT2D eigenvalue weighted by molar-refractivity contribution is 0.0473. The Kier molecular flexibility index (Phi) is 2.73. The number of piperidine rings is 1. The number of hydrogen-bond donors (Lipinski definition) is 1. The molecule has 2 rings (SSSR count). The number of aliphatic hydroxyl groups excluding tert-OH is 1. The topological polar surface area (TPSA) is 58.4 Å². The maximum absolute atomic E-state index is 11.9. The fourth-order valence-electron chi connectivity index (χ4n) is 1.85. The minimum absolute atomic E-state index is 0.0400. The third kappa shape index (κ3) is 2.18. The molecule has 1 aromatic rings. The second kappa shape index (κ2) is 4.02. The molecular weight excluding hydrogens is 194 g/mol. The van der Waals surface area contributed by atoms with Gasteiger partial charge in [0.15, 0.2) is 0 Å². The maximum atomic E-state index is 11.9. The zero-order valence-electron chi connectivity index (χ0n) is 8.76. The monoisotopic (exact) mass is 209 g/mol. The molecule has 0 bridgehead atoms. The number of aromatic nitrogens is 2. The largest absolute Gasteiger partial charge is 0.391 e. The van der Waals surface area contributed by atoms with Crippen LogP contribution in [0.5, 0.6) is 0 Å². The molecule has 0 saturated carbocycles. The summed E-state index contributed by atoms with van der Waals surface area (Å²) in [5.41, 5.74) is 0.589. The number of nitrogens with zero attached hydrogens (tertiary/aromatic N) is 3. The normalized spacial score (nSPS) is 21.7. The number of amides is 1. The highest BCUT2D eigenvalue weighted by atomic mass is 16.3. The molecule has 5 nitrogen and oxygen atoms in total. The molecule has 2 heterocycles. The van der Waals surface area contributed by atoms with Crippen LogP contribution in [-0.4, -0.2) is 44.9 Å². The van der Waals surface area contributed by atoms with Crippen LogP contribution in [0.4, 0.5) is 0 Å². The Bertz CT molecular complexity index is 361. The van der Waals surface area contributed by atoms with Crippen molar-refractivity contribution in [3.05, 3.63) is 18.0 Å². The number of rotatable bonds is 1. The van der Waals surface area contributed by atoms with E-state index in [9.17, 15) is 9.90 Å². The molecule has 0 spiro atoms. The fourth-order valence-corrected chi connectivity index (χ4v) is 1.85. The smallest absolute Gasteiger partial charge is 0.257 e. The van der Waals surface area contributed by atoms with Crippen molar-refractivity contribution in [2.45, 2.75) is 18.9 Å². The van der Waals surface area contributed by atoms with E-state index in [2.05, 4.69) is 5.10 Å². The van der Waals surface area contributed by atoms with Gasteiger partial charge in [0, 0.05) is 26.3 Å². The lowest BCUT2D eigenvalue weighted by Gasteiger charge is -2.29. The molecule has 1 N–H and O–H groups in total. The first-order valence-corrected chi connectivity index (χ1v) is 5.13. The van der Waals surface area contributed by atoms with Crippen LogP contribution in [0, 0.1) is 0 Å². The Morgan fingerprint density at radius 1 is 1.67 bits per heavy atom. The summed E-state index contributed by atoms with van der Waals surface area (Å²) in [4.78, 5) is 13.6. The number of likely N-dealkylation sites (tertiary alicyclic amines) is 1. The molecule has 15 heavy (non-hydrogen) atoms. The molecule has 1 fully saturated rings. The summed E-state index contributed by atoms with van der Waals surface area (Å²) < 4.78 is 1.60. The molecule has 0 aliphatic carbocycles. The van der Waals surface area contributed by atoms with Gasteiger partial charge in [0.05, 0.1) is 17.9 Å². The van der Waals surface area contributed by atoms with E-state index >= 15 is 0 Å². The summed E-state index contributed by atoms with van der Waals surface area (Å²) in [6, 6.07) is 0. The highest BCUT2D eigenvalue weighted by Gasteiger charge is 2.23. The third-order valence-electron chi connectivity index (χ3n) is 2.64. The lowest BCUT2D eigenvalue weighted by Crippen LogP contribution is -2.42. The Hall–Kier alpha value is -1.36. The molecule has 1 aliphatic rings. The van der Waals surface area contributed by atoms with Crippen molar-refractivity contribution in [2.24, 2.45) is 7.05 Å². The van der Waals surface area contributed by atoms with Gasteiger partial charge in [-0.05, 0) is 12.8 Å². The van der Waals surface area contributed by atoms with Crippen molar-refractivity contribution in [2.75, 3.05) is 13.1 Å². The first kappa shape index (κ1) is 10.2. The highest BCUT2D eigenvalue weighted by Crippen LogP contribution is 2.13. The molecule has 1 atom stereocenters. The van der Waals surface area contributed by atoms with E-state index in [0.717, 1.165) is 19.4 Å². The minimum Gasteiger partial charge on any atom is -0.391 e. The number of aliphatic hydroxyl groups is 1. The van der Waals surface area contributed by atoms with Crippen LogP contribution in [0.3, 0.4) is 0 Å². The van der Waals surface area contributed by atoms with Gasteiger partial charge in [-0.2, -0.15) is 5.10 Å². The standard InChI is InChI=1S/C10H15N3O2/c1-12-6-8(5-11-12)10(15)13-4-2-3-9(14)7-13/h5-6,9,14H,2-4,7H2,1H3. The van der Waals surface area contributed by atoms with Crippen molar-refractivity contribution in [3.8, 4) is 0 Å². The first-order valence-electron chi connectivity index (χ1n) is 5.13. The summed E-state index contributed by atoms with van der Waals surface area (Å²) >= 11 is 0. The summed E-state index contributed by atoms with van der Waals surface area (Å²) in [6.07, 6.45) is 4.54. The SMILES string of the molecule is Cn1cc(C(=O)N2CCCC(O)C2)cn1. The number of β-amino-alcohol motifs (C(OH)–C–C–N with tert-alkyl or cyclic N) is 1. The number of hydrogen-bond acceptors (Lipinski definition) is 3. The van der Waals surface area contributed by atoms with E-state index in [1.165, 1.54) is 0 Å². The van der Waals surface area contributed by atoms with Gasteiger partial charge in [-0.25, -0.2) is 0 Å². The fraction of sp³-hybridized carbons (Fsp3) is 0.600. The van der Waals surface area contributed by atoms with E-state index < -0.39 is 0 Å². The second-order valence-electron chi connectivity index (χ2n) is 3.95. The average molecular weight is 209 g/mol. The predicted molar refractivity (Wildman–Crippen MR) is 54.4 cm³/mol. The van der Waals surface area contributed by atoms with Crippen molar-refractivity contribution in [3.63, 3.8) is 0 Å². The maximum Gasteiger partial charge on any atom is 0.257 e. The van der Waals surface area contributed by atoms with Gasteiger partial charge in [-0.3, -0.25) is 9.48 Å². The Labute approximate surface area is 88.3 Å². The molecule has 1 unspecified atom stereocenters. The van der Waals surface area contributed by atoms with Gasteiger partial charge in [0.1, 0.15) is 0 Å². The minimum atomic E-state index is -0.376. The zero-order chi connectivity index (χ0) is 10.8. The van der Waals surface area contributed by atoms with Crippen LogP contribution < -0.4 is 0 Å². The predicted octanol–water partition coefficient (Wildman–Crippen LogP) is 0.0170. The van der Waals surface area contributed by atoms with E-state index in [0.29, 0.717) is 12.1 Å². The Morgan fingerprint density at radius 3 is 3.07 bits per heavy atom. The number of carbonyl (C=O) groups excluding carboxylic acids is 1. The molecule has 0 aromatic carbocycles. The molecule has 1 aromatic heterocycles. The van der Waals surface area contributed by atoms with Crippen LogP contribution in [0.15, 0.2) is 12.4 Å². The van der Waals surface area contributed by atoms with E-state index in [1.807, 2.05) is 0 Å². The van der Waals surface area contributed by atoms with Gasteiger partial charge in [-0.15, -0.1) is 0 Å². The van der Waals surface area contributed by atoms with Crippen molar-refractivity contribution >= 4 is 5.91 Å². The zero-order valence-corrected chi connectivity index (χ0v) is 8.76. The van der Waals surface area contributed by atoms with Gasteiger partial charge in [0.2, 0.25) is 0 Å². The molecule has 5 heteroatoms. The van der Waals surface area contributed by atoms with E-state index in [1.54, 1.807) is 29.0 Å². The van der Waals surface area contributed by atoms with Crippen molar-refractivity contribution in [1.29, 1.82) is 0 Å². The second-order valence-corrected chi connectivity index (χ2v) is 3.95. The molecule has 0 radical (unpaired) electrons. The van der Waals surface area contributed by atoms with Crippen molar-refractivity contribution in [1.82, 2.24) is 14.7 Å². The molecule has 1 saturated heterocycles. The molecular formula is C10H15N3O2. The first-order chi connectivity index (χ1) is 7.16. The van der Waals surface area contributed by atoms with Crippen LogP contribution >= 0.6 is 0 Å². The Morgan fingerprint density at radius 2 is 2.47 bits per heavy atom. The Balaban J connectivity index is 2.07. The van der Waals surface area contributed by atoms with Gasteiger partial charge >= 0.3 is 0 Å². The van der Waals surface area contributed by atoms with Crippen LogP contribution in [0.2, 0.25) is 0 Å². The molecule has 82 valence electrons. The quantitative estimate of drug-likeness (QED) is 0.709. The summed E-state index contributed by atoms with van der Waals surface area (Å²) in [7, 11) is 1.78. The summed E-state index contributed by atoms with van der Waals surface area (Å²) in [5.74, 6) is -0.0400. The van der Waals surface area contributed by atoms with Crippen LogP contribution in [0.25, 0.3) is 0 Å². The summed E-state index contributed by atoms with van der Waals surface area (Å²) in [5, 5.41) is 13.4. The van der Waals surface area contributed by atoms with Crippen LogP contribution in [-0.2, 0) is 7.05 Å². The molecule has 1 aliphatic heterocycles. The number of aryl methyl sites for hydroxylation is 1. The lowest BCUT2D eigenvalue weighted by atomic mass is 10.1. The average Bonchev–Trinajstić information content (AvgIpc) is 2.64. The summed E-state index contributed by atoms with van der Waals surface area (Å²) in [6.45, 7) is 1.17. The van der Waals surface area contributed by atoms with Gasteiger partial charge < -0.3 is 10.0 Å².